The molecule has 2 heterocycles. The lowest BCUT2D eigenvalue weighted by molar-refractivity contribution is 0.118. The first-order valence-corrected chi connectivity index (χ1v) is 13.8. The molecular weight excluding hydrogens is 460 g/mol. The Bertz CT molecular complexity index is 1310. The molecule has 10 heteroatoms. The van der Waals surface area contributed by atoms with Crippen molar-refractivity contribution in [2.45, 2.75) is 54.0 Å². The maximum absolute atomic E-state index is 13.5. The maximum Gasteiger partial charge on any atom is 0.279 e. The molecule has 0 aromatic heterocycles. The van der Waals surface area contributed by atoms with E-state index >= 15 is 0 Å². The Hall–Kier alpha value is -2.72. The molecule has 0 saturated heterocycles. The van der Waals surface area contributed by atoms with E-state index in [-0.39, 0.29) is 21.6 Å². The molecule has 0 radical (unpaired) electrons. The largest absolute Gasteiger partial charge is 0.279 e. The molecule has 33 heavy (non-hydrogen) atoms. The molecule has 2 bridgehead atoms. The summed E-state index contributed by atoms with van der Waals surface area (Å²) >= 11 is 0. The molecule has 2 aliphatic carbocycles. The van der Waals surface area contributed by atoms with Gasteiger partial charge in [-0.15, -0.1) is 0 Å². The topological polar surface area (TPSA) is 99.5 Å². The SMILES string of the molecule is C[C@]12CC3=NN(S(=O)(=O)c4ccccc4)[C@]4(C)CC(=NN1S(=O)(=O)c1ccccc1)[C@H]2C[C@H]34. The summed E-state index contributed by atoms with van der Waals surface area (Å²) < 4.78 is 56.7. The lowest BCUT2D eigenvalue weighted by Crippen LogP contribution is -2.61. The van der Waals surface area contributed by atoms with Crippen molar-refractivity contribution in [3.63, 3.8) is 0 Å². The van der Waals surface area contributed by atoms with Crippen LogP contribution < -0.4 is 0 Å². The molecule has 0 N–H and O–H groups in total. The highest BCUT2D eigenvalue weighted by molar-refractivity contribution is 7.89. The van der Waals surface area contributed by atoms with E-state index in [0.717, 1.165) is 11.4 Å². The van der Waals surface area contributed by atoms with Crippen molar-refractivity contribution in [3.05, 3.63) is 60.7 Å². The molecule has 2 aliphatic heterocycles. The third kappa shape index (κ3) is 2.62. The first-order chi connectivity index (χ1) is 15.6. The fraction of sp³-hybridized carbons (Fsp3) is 0.391. The van der Waals surface area contributed by atoms with Crippen LogP contribution in [0.15, 0.2) is 80.7 Å². The molecule has 0 unspecified atom stereocenters. The van der Waals surface area contributed by atoms with Gasteiger partial charge in [-0.05, 0) is 44.5 Å². The maximum atomic E-state index is 13.5. The number of benzene rings is 2. The normalized spacial score (nSPS) is 32.5. The molecule has 172 valence electrons. The van der Waals surface area contributed by atoms with Crippen LogP contribution in [0.2, 0.25) is 0 Å². The zero-order valence-corrected chi connectivity index (χ0v) is 19.9. The Kier molecular flexibility index (Phi) is 4.07. The second kappa shape index (κ2) is 6.44. The van der Waals surface area contributed by atoms with Gasteiger partial charge in [0.1, 0.15) is 0 Å². The molecule has 0 spiro atoms. The van der Waals surface area contributed by atoms with Gasteiger partial charge in [0.05, 0.1) is 20.9 Å². The molecule has 4 aliphatic rings. The summed E-state index contributed by atoms with van der Waals surface area (Å²) in [5.74, 6) is -0.125. The Morgan fingerprint density at radius 3 is 1.42 bits per heavy atom. The number of rotatable bonds is 4. The number of hydrazone groups is 2. The van der Waals surface area contributed by atoms with Crippen LogP contribution >= 0.6 is 0 Å². The van der Waals surface area contributed by atoms with Gasteiger partial charge in [-0.25, -0.2) is 0 Å². The zero-order valence-electron chi connectivity index (χ0n) is 18.3. The van der Waals surface area contributed by atoms with Crippen molar-refractivity contribution in [2.24, 2.45) is 22.0 Å². The van der Waals surface area contributed by atoms with Crippen LogP contribution in [-0.2, 0) is 20.0 Å². The first kappa shape index (κ1) is 20.9. The van der Waals surface area contributed by atoms with E-state index in [1.807, 2.05) is 13.8 Å². The van der Waals surface area contributed by atoms with Crippen molar-refractivity contribution < 1.29 is 16.8 Å². The first-order valence-electron chi connectivity index (χ1n) is 10.9. The fourth-order valence-corrected chi connectivity index (χ4v) is 9.38. The highest BCUT2D eigenvalue weighted by Gasteiger charge is 2.67. The number of hydrogen-bond acceptors (Lipinski definition) is 6. The molecule has 4 atom stereocenters. The number of nitrogens with zero attached hydrogens (tertiary/aromatic N) is 4. The predicted molar refractivity (Wildman–Crippen MR) is 123 cm³/mol. The predicted octanol–water partition coefficient (Wildman–Crippen LogP) is 3.05. The van der Waals surface area contributed by atoms with Gasteiger partial charge >= 0.3 is 0 Å². The monoisotopic (exact) mass is 484 g/mol. The minimum absolute atomic E-state index is 0.0626. The quantitative estimate of drug-likeness (QED) is 0.666. The third-order valence-corrected chi connectivity index (χ3v) is 11.3. The van der Waals surface area contributed by atoms with E-state index in [4.69, 9.17) is 0 Å². The van der Waals surface area contributed by atoms with Crippen molar-refractivity contribution >= 4 is 31.5 Å². The minimum atomic E-state index is -3.85. The Morgan fingerprint density at radius 1 is 0.697 bits per heavy atom. The molecule has 2 aromatic rings. The molecule has 2 aromatic carbocycles. The van der Waals surface area contributed by atoms with E-state index in [9.17, 15) is 16.8 Å². The Morgan fingerprint density at radius 2 is 1.06 bits per heavy atom. The molecule has 0 amide bonds. The summed E-state index contributed by atoms with van der Waals surface area (Å²) in [6.07, 6.45) is 1.32. The van der Waals surface area contributed by atoms with E-state index in [2.05, 4.69) is 10.2 Å². The third-order valence-electron chi connectivity index (χ3n) is 7.71. The molecule has 6 rings (SSSR count). The Balaban J connectivity index is 1.46. The van der Waals surface area contributed by atoms with Gasteiger partial charge in [-0.3, -0.25) is 0 Å². The number of sulfonamides is 2. The van der Waals surface area contributed by atoms with Gasteiger partial charge in [-0.1, -0.05) is 36.4 Å². The van der Waals surface area contributed by atoms with E-state index in [1.165, 1.54) is 8.83 Å². The summed E-state index contributed by atoms with van der Waals surface area (Å²) in [6.45, 7) is 3.81. The van der Waals surface area contributed by atoms with Crippen molar-refractivity contribution in [3.8, 4) is 0 Å². The fourth-order valence-electron chi connectivity index (χ4n) is 6.07. The van der Waals surface area contributed by atoms with Crippen molar-refractivity contribution in [1.82, 2.24) is 8.83 Å². The summed E-state index contributed by atoms with van der Waals surface area (Å²) in [5, 5.41) is 9.30. The zero-order chi connectivity index (χ0) is 23.2. The second-order valence-electron chi connectivity index (χ2n) is 9.71. The van der Waals surface area contributed by atoms with E-state index in [1.54, 1.807) is 60.7 Å². The second-order valence-corrected chi connectivity index (χ2v) is 13.2. The van der Waals surface area contributed by atoms with Crippen LogP contribution in [-0.4, -0.2) is 48.2 Å². The highest BCUT2D eigenvalue weighted by atomic mass is 32.2. The van der Waals surface area contributed by atoms with Crippen LogP contribution in [0.4, 0.5) is 0 Å². The molecule has 8 nitrogen and oxygen atoms in total. The van der Waals surface area contributed by atoms with Crippen LogP contribution in [0.5, 0.6) is 0 Å². The Labute approximate surface area is 193 Å². The molecule has 2 saturated carbocycles. The van der Waals surface area contributed by atoms with Gasteiger partial charge in [0, 0.05) is 36.1 Å². The number of hydrogen-bond donors (Lipinski definition) is 0. The molecular formula is C23H24N4O4S2. The summed E-state index contributed by atoms with van der Waals surface area (Å²) in [6, 6.07) is 16.6. The molecule has 2 fully saturated rings. The average molecular weight is 485 g/mol. The van der Waals surface area contributed by atoms with Crippen LogP contribution in [0.3, 0.4) is 0 Å². The van der Waals surface area contributed by atoms with Gasteiger partial charge in [0.2, 0.25) is 0 Å². The lowest BCUT2D eigenvalue weighted by Gasteiger charge is -2.50. The lowest BCUT2D eigenvalue weighted by atomic mass is 9.57. The van der Waals surface area contributed by atoms with Crippen LogP contribution in [0.1, 0.15) is 33.1 Å². The van der Waals surface area contributed by atoms with Gasteiger partial charge in [0.15, 0.2) is 0 Å². The van der Waals surface area contributed by atoms with E-state index in [0.29, 0.717) is 19.3 Å². The van der Waals surface area contributed by atoms with Crippen LogP contribution in [0, 0.1) is 11.8 Å². The van der Waals surface area contributed by atoms with Gasteiger partial charge < -0.3 is 0 Å². The smallest absolute Gasteiger partial charge is 0.200 e. The highest BCUT2D eigenvalue weighted by Crippen LogP contribution is 2.58. The summed E-state index contributed by atoms with van der Waals surface area (Å²) in [5.41, 5.74) is -0.152. The van der Waals surface area contributed by atoms with Crippen molar-refractivity contribution in [2.75, 3.05) is 0 Å². The van der Waals surface area contributed by atoms with Crippen LogP contribution in [0.25, 0.3) is 0 Å². The van der Waals surface area contributed by atoms with E-state index < -0.39 is 31.1 Å². The summed E-state index contributed by atoms with van der Waals surface area (Å²) in [7, 11) is -7.71. The average Bonchev–Trinajstić information content (AvgIpc) is 3.28. The van der Waals surface area contributed by atoms with Gasteiger partial charge in [0.25, 0.3) is 20.0 Å². The standard InChI is InChI=1S/C23H24N4O4S2/c1-22-14-20-19-13-18(22)21(24-26(22)32(28,29)16-9-5-3-6-10-16)15-23(19,2)27(25-20)33(30,31)17-11-7-4-8-12-17/h3-12,18-19H,13-15H2,1-2H3/t18-,19-,22-,23-/m1/s1. The summed E-state index contributed by atoms with van der Waals surface area (Å²) in [4.78, 5) is 0.394. The van der Waals surface area contributed by atoms with Gasteiger partial charge in [-0.2, -0.15) is 35.9 Å². The van der Waals surface area contributed by atoms with Crippen molar-refractivity contribution in [1.29, 1.82) is 0 Å². The minimum Gasteiger partial charge on any atom is -0.200 e.